The van der Waals surface area contributed by atoms with E-state index < -0.39 is 0 Å². The van der Waals surface area contributed by atoms with Gasteiger partial charge < -0.3 is 20.4 Å². The Morgan fingerprint density at radius 1 is 0.964 bits per heavy atom. The maximum Gasteiger partial charge on any atom is 0.253 e. The van der Waals surface area contributed by atoms with Gasteiger partial charge in [0, 0.05) is 76.2 Å². The summed E-state index contributed by atoms with van der Waals surface area (Å²) in [6.07, 6.45) is 0. The maximum absolute atomic E-state index is 12.2. The summed E-state index contributed by atoms with van der Waals surface area (Å²) in [7, 11) is 0. The Balaban J connectivity index is 1.34. The lowest BCUT2D eigenvalue weighted by Crippen LogP contribution is -2.52. The molecule has 0 spiro atoms. The summed E-state index contributed by atoms with van der Waals surface area (Å²) in [5.74, 6) is 0. The van der Waals surface area contributed by atoms with Gasteiger partial charge in [0.2, 0.25) is 0 Å². The van der Waals surface area contributed by atoms with Crippen molar-refractivity contribution in [1.82, 2.24) is 10.2 Å². The van der Waals surface area contributed by atoms with Gasteiger partial charge in [-0.2, -0.15) is 0 Å². The lowest BCUT2D eigenvalue weighted by molar-refractivity contribution is 0.249. The van der Waals surface area contributed by atoms with Crippen LogP contribution in [0.2, 0.25) is 5.02 Å². The molecule has 2 aliphatic heterocycles. The van der Waals surface area contributed by atoms with Crippen molar-refractivity contribution in [3.63, 3.8) is 0 Å². The summed E-state index contributed by atoms with van der Waals surface area (Å²) in [5, 5.41) is 7.27. The number of piperazine rings is 2. The van der Waals surface area contributed by atoms with Gasteiger partial charge in [-0.1, -0.05) is 17.7 Å². The molecule has 0 bridgehead atoms. The van der Waals surface area contributed by atoms with Gasteiger partial charge in [0.25, 0.3) is 10.9 Å². The highest BCUT2D eigenvalue weighted by atomic mass is 35.5. The fraction of sp³-hybridized carbons (Fsp3) is 0.500. The molecule has 2 heterocycles. The van der Waals surface area contributed by atoms with Gasteiger partial charge in [0.15, 0.2) is 0 Å². The molecule has 7 nitrogen and oxygen atoms in total. The first-order valence-electron chi connectivity index (χ1n) is 9.89. The molecular formula is C20H26ClN5O2. The third-order valence-corrected chi connectivity index (χ3v) is 5.83. The highest BCUT2D eigenvalue weighted by molar-refractivity contribution is 6.30. The summed E-state index contributed by atoms with van der Waals surface area (Å²) >= 11 is 6.09. The molecule has 4 rings (SSSR count). The van der Waals surface area contributed by atoms with Gasteiger partial charge in [0.1, 0.15) is 11.4 Å². The highest BCUT2D eigenvalue weighted by Crippen LogP contribution is 2.25. The summed E-state index contributed by atoms with van der Waals surface area (Å²) in [6, 6.07) is 7.81. The fourth-order valence-electron chi connectivity index (χ4n) is 3.98. The molecule has 0 aromatic heterocycles. The molecule has 0 radical (unpaired) electrons. The van der Waals surface area contributed by atoms with Crippen LogP contribution in [0.1, 0.15) is 0 Å². The van der Waals surface area contributed by atoms with Crippen LogP contribution >= 0.6 is 11.6 Å². The summed E-state index contributed by atoms with van der Waals surface area (Å²) in [4.78, 5) is 30.9. The molecule has 0 saturated carbocycles. The quantitative estimate of drug-likeness (QED) is 0.684. The molecule has 2 aliphatic rings. The topological polar surface area (TPSA) is 67.9 Å². The molecule has 150 valence electrons. The van der Waals surface area contributed by atoms with Crippen molar-refractivity contribution in [3.8, 4) is 0 Å². The van der Waals surface area contributed by atoms with E-state index in [-0.39, 0.29) is 10.9 Å². The van der Waals surface area contributed by atoms with Crippen molar-refractivity contribution >= 4 is 28.7 Å². The predicted octanol–water partition coefficient (Wildman–Crippen LogP) is 0.580. The van der Waals surface area contributed by atoms with Gasteiger partial charge in [0.05, 0.1) is 0 Å². The van der Waals surface area contributed by atoms with Crippen LogP contribution in [0, 0.1) is 0 Å². The molecule has 2 N–H and O–H groups in total. The molecule has 2 fully saturated rings. The average Bonchev–Trinajstić information content (AvgIpc) is 2.74. The van der Waals surface area contributed by atoms with E-state index in [2.05, 4.69) is 20.4 Å². The first-order valence-corrected chi connectivity index (χ1v) is 10.3. The standard InChI is InChI=1S/C20H26ClN5O2/c21-15-2-1-3-16(14-15)25-10-12-26(13-11-25)18-17(19(27)20(18)28)23-6-9-24-7-4-22-5-8-24/h1-3,14,22-23H,4-13H2. The van der Waals surface area contributed by atoms with Crippen molar-refractivity contribution in [2.45, 2.75) is 0 Å². The van der Waals surface area contributed by atoms with E-state index in [0.717, 1.165) is 56.5 Å². The van der Waals surface area contributed by atoms with Crippen LogP contribution in [0.5, 0.6) is 0 Å². The van der Waals surface area contributed by atoms with Gasteiger partial charge >= 0.3 is 0 Å². The van der Waals surface area contributed by atoms with E-state index in [0.29, 0.717) is 31.0 Å². The summed E-state index contributed by atoms with van der Waals surface area (Å²) in [6.45, 7) is 8.61. The van der Waals surface area contributed by atoms with E-state index >= 15 is 0 Å². The first-order chi connectivity index (χ1) is 13.6. The van der Waals surface area contributed by atoms with Crippen molar-refractivity contribution in [2.24, 2.45) is 0 Å². The molecule has 0 amide bonds. The van der Waals surface area contributed by atoms with Crippen molar-refractivity contribution in [1.29, 1.82) is 0 Å². The average molecular weight is 404 g/mol. The van der Waals surface area contributed by atoms with E-state index in [4.69, 9.17) is 11.6 Å². The lowest BCUT2D eigenvalue weighted by atomic mass is 10.1. The van der Waals surface area contributed by atoms with Gasteiger partial charge in [-0.05, 0) is 18.2 Å². The Hall–Kier alpha value is -2.09. The smallest absolute Gasteiger partial charge is 0.253 e. The molecular weight excluding hydrogens is 378 g/mol. The number of hydrogen-bond donors (Lipinski definition) is 2. The third-order valence-electron chi connectivity index (χ3n) is 5.59. The Morgan fingerprint density at radius 2 is 1.68 bits per heavy atom. The molecule has 28 heavy (non-hydrogen) atoms. The first kappa shape index (κ1) is 19.2. The minimum Gasteiger partial charge on any atom is -0.379 e. The highest BCUT2D eigenvalue weighted by Gasteiger charge is 2.28. The van der Waals surface area contributed by atoms with Crippen LogP contribution in [0.25, 0.3) is 0 Å². The third kappa shape index (κ3) is 4.01. The van der Waals surface area contributed by atoms with Crippen molar-refractivity contribution in [3.05, 3.63) is 49.7 Å². The number of anilines is 3. The van der Waals surface area contributed by atoms with E-state index in [1.165, 1.54) is 0 Å². The zero-order valence-electron chi connectivity index (χ0n) is 15.9. The minimum absolute atomic E-state index is 0.360. The Morgan fingerprint density at radius 3 is 2.39 bits per heavy atom. The van der Waals surface area contributed by atoms with Gasteiger partial charge in [-0.15, -0.1) is 0 Å². The number of hydrogen-bond acceptors (Lipinski definition) is 7. The second-order valence-electron chi connectivity index (χ2n) is 7.35. The van der Waals surface area contributed by atoms with Gasteiger partial charge in [-0.3, -0.25) is 14.5 Å². The number of benzene rings is 1. The van der Waals surface area contributed by atoms with E-state index in [1.54, 1.807) is 0 Å². The number of nitrogens with zero attached hydrogens (tertiary/aromatic N) is 3. The largest absolute Gasteiger partial charge is 0.379 e. The number of halogens is 1. The van der Waals surface area contributed by atoms with Crippen LogP contribution in [0.3, 0.4) is 0 Å². The summed E-state index contributed by atoms with van der Waals surface area (Å²) < 4.78 is 0. The van der Waals surface area contributed by atoms with Crippen LogP contribution < -0.4 is 31.3 Å². The zero-order chi connectivity index (χ0) is 19.5. The molecule has 0 atom stereocenters. The Labute approximate surface area is 169 Å². The van der Waals surface area contributed by atoms with Crippen molar-refractivity contribution in [2.75, 3.05) is 80.6 Å². The monoisotopic (exact) mass is 403 g/mol. The minimum atomic E-state index is -0.382. The molecule has 2 saturated heterocycles. The molecule has 0 unspecified atom stereocenters. The second kappa shape index (κ2) is 8.51. The van der Waals surface area contributed by atoms with E-state index in [9.17, 15) is 9.59 Å². The lowest BCUT2D eigenvalue weighted by Gasteiger charge is -2.38. The van der Waals surface area contributed by atoms with Crippen LogP contribution in [-0.2, 0) is 0 Å². The van der Waals surface area contributed by atoms with E-state index in [1.807, 2.05) is 29.2 Å². The normalized spacial score (nSPS) is 18.6. The maximum atomic E-state index is 12.2. The predicted molar refractivity (Wildman–Crippen MR) is 115 cm³/mol. The molecule has 8 heteroatoms. The van der Waals surface area contributed by atoms with Crippen molar-refractivity contribution < 1.29 is 0 Å². The molecule has 0 aliphatic carbocycles. The van der Waals surface area contributed by atoms with Crippen LogP contribution in [-0.4, -0.2) is 70.3 Å². The fourth-order valence-corrected chi connectivity index (χ4v) is 4.16. The van der Waals surface area contributed by atoms with Crippen LogP contribution in [0.15, 0.2) is 33.9 Å². The summed E-state index contributed by atoms with van der Waals surface area (Å²) in [5.41, 5.74) is 1.41. The second-order valence-corrected chi connectivity index (χ2v) is 7.79. The number of rotatable bonds is 6. The Kier molecular flexibility index (Phi) is 5.85. The van der Waals surface area contributed by atoms with Gasteiger partial charge in [-0.25, -0.2) is 0 Å². The Bertz CT molecular complexity index is 881. The molecule has 2 aromatic carbocycles. The van der Waals surface area contributed by atoms with Crippen LogP contribution in [0.4, 0.5) is 17.1 Å². The number of nitrogens with one attached hydrogen (secondary N) is 2. The zero-order valence-corrected chi connectivity index (χ0v) is 16.7. The molecule has 2 aromatic rings. The SMILES string of the molecule is O=c1c(NCCN2CCNCC2)c(N2CCN(c3cccc(Cl)c3)CC2)c1=O.